The molecule has 0 fully saturated rings. The van der Waals surface area contributed by atoms with Crippen molar-refractivity contribution in [1.29, 1.82) is 0 Å². The van der Waals surface area contributed by atoms with Gasteiger partial charge < -0.3 is 5.32 Å². The quantitative estimate of drug-likeness (QED) is 0.590. The molecule has 0 saturated heterocycles. The second-order valence-corrected chi connectivity index (χ2v) is 5.58. The average Bonchev–Trinajstić information content (AvgIpc) is 3.27. The zero-order chi connectivity index (χ0) is 16.4. The maximum atomic E-state index is 12.1. The number of rotatable bonds is 4. The van der Waals surface area contributed by atoms with E-state index in [0.29, 0.717) is 11.5 Å². The van der Waals surface area contributed by atoms with E-state index in [1.165, 1.54) is 15.9 Å². The maximum Gasteiger partial charge on any atom is 0.291 e. The second-order valence-electron chi connectivity index (χ2n) is 4.72. The van der Waals surface area contributed by atoms with Gasteiger partial charge in [-0.05, 0) is 6.07 Å². The van der Waals surface area contributed by atoms with Crippen LogP contribution in [-0.2, 0) is 6.54 Å². The highest BCUT2D eigenvalue weighted by Crippen LogP contribution is 2.20. The molecule has 4 aromatic rings. The first kappa shape index (κ1) is 14.3. The van der Waals surface area contributed by atoms with Gasteiger partial charge >= 0.3 is 0 Å². The summed E-state index contributed by atoms with van der Waals surface area (Å²) in [5, 5.41) is 9.43. The SMILES string of the molecule is O=C(NCc1csc(-c2cnccn2)n1)c1nc2ncccn2n1. The third-order valence-corrected chi connectivity index (χ3v) is 4.00. The Morgan fingerprint density at radius 1 is 1.21 bits per heavy atom. The molecule has 4 aromatic heterocycles. The summed E-state index contributed by atoms with van der Waals surface area (Å²) in [5.41, 5.74) is 1.43. The van der Waals surface area contributed by atoms with Gasteiger partial charge in [0.25, 0.3) is 11.7 Å². The lowest BCUT2D eigenvalue weighted by molar-refractivity contribution is 0.0940. The fourth-order valence-corrected chi connectivity index (χ4v) is 2.77. The Morgan fingerprint density at radius 2 is 2.17 bits per heavy atom. The molecule has 118 valence electrons. The number of hydrogen-bond donors (Lipinski definition) is 1. The molecule has 4 heterocycles. The summed E-state index contributed by atoms with van der Waals surface area (Å²) in [5.74, 6) is 0.0638. The number of nitrogens with one attached hydrogen (secondary N) is 1. The van der Waals surface area contributed by atoms with Crippen LogP contribution >= 0.6 is 11.3 Å². The fraction of sp³-hybridized carbons (Fsp3) is 0.0714. The number of amides is 1. The molecule has 0 aliphatic rings. The van der Waals surface area contributed by atoms with Crippen molar-refractivity contribution >= 4 is 23.0 Å². The van der Waals surface area contributed by atoms with Crippen molar-refractivity contribution in [3.63, 3.8) is 0 Å². The highest BCUT2D eigenvalue weighted by Gasteiger charge is 2.14. The monoisotopic (exact) mass is 338 g/mol. The first-order valence-corrected chi connectivity index (χ1v) is 7.84. The van der Waals surface area contributed by atoms with Crippen LogP contribution in [0, 0.1) is 0 Å². The van der Waals surface area contributed by atoms with E-state index in [2.05, 4.69) is 35.3 Å². The lowest BCUT2D eigenvalue weighted by Gasteiger charge is -1.98. The number of thiazole rings is 1. The largest absolute Gasteiger partial charge is 0.344 e. The van der Waals surface area contributed by atoms with Crippen LogP contribution in [0.25, 0.3) is 16.5 Å². The number of fused-ring (bicyclic) bond motifs is 1. The van der Waals surface area contributed by atoms with E-state index < -0.39 is 0 Å². The van der Waals surface area contributed by atoms with E-state index >= 15 is 0 Å². The molecule has 0 atom stereocenters. The summed E-state index contributed by atoms with van der Waals surface area (Å²) in [7, 11) is 0. The van der Waals surface area contributed by atoms with Crippen LogP contribution in [0.5, 0.6) is 0 Å². The van der Waals surface area contributed by atoms with Gasteiger partial charge in [-0.1, -0.05) is 0 Å². The molecule has 9 nitrogen and oxygen atoms in total. The van der Waals surface area contributed by atoms with Crippen molar-refractivity contribution in [2.24, 2.45) is 0 Å². The van der Waals surface area contributed by atoms with Crippen molar-refractivity contribution in [1.82, 2.24) is 39.9 Å². The molecule has 0 aliphatic carbocycles. The Bertz CT molecular complexity index is 963. The second kappa shape index (κ2) is 6.08. The maximum absolute atomic E-state index is 12.1. The molecule has 0 aliphatic heterocycles. The minimum atomic E-state index is -0.380. The van der Waals surface area contributed by atoms with Gasteiger partial charge in [0.05, 0.1) is 18.4 Å². The zero-order valence-corrected chi connectivity index (χ0v) is 13.0. The summed E-state index contributed by atoms with van der Waals surface area (Å²) in [6.45, 7) is 0.276. The molecule has 0 saturated carbocycles. The molecule has 4 rings (SSSR count). The normalized spacial score (nSPS) is 10.8. The van der Waals surface area contributed by atoms with Gasteiger partial charge in [0.1, 0.15) is 10.7 Å². The Kier molecular flexibility index (Phi) is 3.63. The van der Waals surface area contributed by atoms with Gasteiger partial charge in [-0.3, -0.25) is 14.8 Å². The van der Waals surface area contributed by atoms with Crippen molar-refractivity contribution < 1.29 is 4.79 Å². The van der Waals surface area contributed by atoms with E-state index in [1.807, 2.05) is 5.38 Å². The highest BCUT2D eigenvalue weighted by molar-refractivity contribution is 7.13. The lowest BCUT2D eigenvalue weighted by Crippen LogP contribution is -2.24. The standard InChI is InChI=1S/C14H10N8OS/c23-12(11-20-14-17-2-1-5-22(14)21-11)18-6-9-8-24-13(19-9)10-7-15-3-4-16-10/h1-5,7-8H,6H2,(H,18,23). The van der Waals surface area contributed by atoms with E-state index in [9.17, 15) is 4.79 Å². The minimum Gasteiger partial charge on any atom is -0.344 e. The number of aromatic nitrogens is 7. The lowest BCUT2D eigenvalue weighted by atomic mass is 10.4. The Labute approximate surface area is 139 Å². The predicted octanol–water partition coefficient (Wildman–Crippen LogP) is 0.968. The predicted molar refractivity (Wildman–Crippen MR) is 85.1 cm³/mol. The van der Waals surface area contributed by atoms with Gasteiger partial charge in [0.15, 0.2) is 0 Å². The van der Waals surface area contributed by atoms with Crippen molar-refractivity contribution in [2.45, 2.75) is 6.54 Å². The fourth-order valence-electron chi connectivity index (χ4n) is 1.99. The summed E-state index contributed by atoms with van der Waals surface area (Å²) >= 11 is 1.44. The third kappa shape index (κ3) is 2.82. The zero-order valence-electron chi connectivity index (χ0n) is 12.2. The first-order valence-electron chi connectivity index (χ1n) is 6.96. The highest BCUT2D eigenvalue weighted by atomic mass is 32.1. The van der Waals surface area contributed by atoms with E-state index in [0.717, 1.165) is 10.7 Å². The summed E-state index contributed by atoms with van der Waals surface area (Å²) in [6.07, 6.45) is 8.14. The van der Waals surface area contributed by atoms with Crippen LogP contribution in [0.4, 0.5) is 0 Å². The van der Waals surface area contributed by atoms with Crippen LogP contribution in [0.1, 0.15) is 16.3 Å². The molecule has 1 N–H and O–H groups in total. The smallest absolute Gasteiger partial charge is 0.291 e. The Hall–Kier alpha value is -3.27. The third-order valence-electron chi connectivity index (χ3n) is 3.08. The van der Waals surface area contributed by atoms with Gasteiger partial charge in [-0.15, -0.1) is 16.4 Å². The van der Waals surface area contributed by atoms with Gasteiger partial charge in [-0.25, -0.2) is 14.5 Å². The van der Waals surface area contributed by atoms with Crippen LogP contribution < -0.4 is 5.32 Å². The number of nitrogens with zero attached hydrogens (tertiary/aromatic N) is 7. The van der Waals surface area contributed by atoms with Crippen LogP contribution in [-0.4, -0.2) is 40.4 Å². The van der Waals surface area contributed by atoms with E-state index in [-0.39, 0.29) is 18.3 Å². The Balaban J connectivity index is 1.45. The van der Waals surface area contributed by atoms with Gasteiger partial charge in [0, 0.05) is 30.2 Å². The summed E-state index contributed by atoms with van der Waals surface area (Å²) in [6, 6.07) is 1.71. The minimum absolute atomic E-state index is 0.0677. The number of hydrogen-bond acceptors (Lipinski definition) is 8. The summed E-state index contributed by atoms with van der Waals surface area (Å²) in [4.78, 5) is 32.9. The van der Waals surface area contributed by atoms with Crippen LogP contribution in [0.15, 0.2) is 42.4 Å². The Morgan fingerprint density at radius 3 is 3.00 bits per heavy atom. The topological polar surface area (TPSA) is 111 Å². The van der Waals surface area contributed by atoms with E-state index in [1.54, 1.807) is 37.1 Å². The molecule has 10 heteroatoms. The molecular formula is C14H10N8OS. The number of carbonyl (C=O) groups excluding carboxylic acids is 1. The summed E-state index contributed by atoms with van der Waals surface area (Å²) < 4.78 is 1.45. The number of carbonyl (C=O) groups is 1. The van der Waals surface area contributed by atoms with Crippen molar-refractivity contribution in [2.75, 3.05) is 0 Å². The van der Waals surface area contributed by atoms with E-state index in [4.69, 9.17) is 0 Å². The molecule has 24 heavy (non-hydrogen) atoms. The molecule has 1 amide bonds. The van der Waals surface area contributed by atoms with Crippen LogP contribution in [0.3, 0.4) is 0 Å². The molecule has 0 unspecified atom stereocenters. The molecule has 0 aromatic carbocycles. The first-order chi connectivity index (χ1) is 11.8. The molecule has 0 radical (unpaired) electrons. The molecule has 0 bridgehead atoms. The van der Waals surface area contributed by atoms with Gasteiger partial charge in [0.2, 0.25) is 5.82 Å². The average molecular weight is 338 g/mol. The van der Waals surface area contributed by atoms with Crippen molar-refractivity contribution in [3.8, 4) is 10.7 Å². The van der Waals surface area contributed by atoms with Gasteiger partial charge in [-0.2, -0.15) is 4.98 Å². The van der Waals surface area contributed by atoms with Crippen LogP contribution in [0.2, 0.25) is 0 Å². The molecular weight excluding hydrogens is 328 g/mol. The van der Waals surface area contributed by atoms with Crippen molar-refractivity contribution in [3.05, 3.63) is 53.9 Å². The molecule has 0 spiro atoms.